The summed E-state index contributed by atoms with van der Waals surface area (Å²) in [5, 5.41) is 18.7. The molecule has 0 amide bonds. The second-order valence-electron chi connectivity index (χ2n) is 14.3. The standard InChI is InChI=1S/C26H16.C14H15BO.C14H10/c1-5-13-21-17(9-1)18-10-2-6-14-22(18)26-24-16-8-4-12-20(24)19-11-3-7-15-23(19)25(21)26;1-15(16-2)14-11-7-6-10-13(14)12-8-4-3-5-9-12;1-3-7-13-11(5-1)9-10-12-6-2-4-8-14(12)13/h1-16H;3-11H,1-2H3;1-10H. The Hall–Kier alpha value is -6.74. The molecule has 0 N–H and O–H groups in total. The third kappa shape index (κ3) is 6.45. The molecule has 0 aliphatic carbocycles. The summed E-state index contributed by atoms with van der Waals surface area (Å²) >= 11 is 0. The molecule has 266 valence electrons. The van der Waals surface area contributed by atoms with Crippen LogP contribution in [0.3, 0.4) is 0 Å². The second-order valence-corrected chi connectivity index (χ2v) is 14.3. The number of rotatable bonds is 3. The molecule has 56 heavy (non-hydrogen) atoms. The summed E-state index contributed by atoms with van der Waals surface area (Å²) in [5.41, 5.74) is 3.72. The Labute approximate surface area is 328 Å². The van der Waals surface area contributed by atoms with E-state index in [2.05, 4.69) is 213 Å². The molecule has 0 radical (unpaired) electrons. The van der Waals surface area contributed by atoms with E-state index in [4.69, 9.17) is 4.65 Å². The predicted octanol–water partition coefficient (Wildman–Crippen LogP) is 14.3. The maximum Gasteiger partial charge on any atom is 0.323 e. The van der Waals surface area contributed by atoms with Crippen molar-refractivity contribution < 1.29 is 4.65 Å². The van der Waals surface area contributed by atoms with Gasteiger partial charge in [0.25, 0.3) is 0 Å². The molecule has 0 aliphatic heterocycles. The number of hydrogen-bond donors (Lipinski definition) is 0. The molecular weight excluding hydrogens is 675 g/mol. The second kappa shape index (κ2) is 15.6. The zero-order chi connectivity index (χ0) is 37.8. The number of hydrogen-bond acceptors (Lipinski definition) is 1. The lowest BCUT2D eigenvalue weighted by Gasteiger charge is -2.16. The SMILES string of the molecule is COB(C)c1ccccc1-c1ccccc1.c1ccc2c(c1)c1ccccc1c1c3ccccc3c3ccccc3c21.c1ccc2c(c1)ccc1ccccc12. The molecule has 0 aromatic heterocycles. The van der Waals surface area contributed by atoms with Gasteiger partial charge in [-0.25, -0.2) is 0 Å². The average molecular weight is 717 g/mol. The highest BCUT2D eigenvalue weighted by Gasteiger charge is 2.16. The number of fused-ring (bicyclic) bond motifs is 14. The molecule has 0 saturated carbocycles. The van der Waals surface area contributed by atoms with Crippen molar-refractivity contribution in [1.29, 1.82) is 0 Å². The first-order chi connectivity index (χ1) is 27.7. The lowest BCUT2D eigenvalue weighted by Crippen LogP contribution is -2.30. The van der Waals surface area contributed by atoms with Crippen LogP contribution in [0.5, 0.6) is 0 Å². The quantitative estimate of drug-likeness (QED) is 0.131. The fraction of sp³-hybridized carbons (Fsp3) is 0.0370. The van der Waals surface area contributed by atoms with Crippen molar-refractivity contribution in [3.8, 4) is 11.1 Å². The first-order valence-corrected chi connectivity index (χ1v) is 19.4. The summed E-state index contributed by atoms with van der Waals surface area (Å²) in [6.45, 7) is 2.19. The minimum absolute atomic E-state index is 0.122. The van der Waals surface area contributed by atoms with Crippen LogP contribution in [0.15, 0.2) is 212 Å². The highest BCUT2D eigenvalue weighted by Crippen LogP contribution is 2.43. The molecule has 0 bridgehead atoms. The van der Waals surface area contributed by atoms with Crippen molar-refractivity contribution in [1.82, 2.24) is 0 Å². The highest BCUT2D eigenvalue weighted by molar-refractivity contribution is 6.67. The Morgan fingerprint density at radius 1 is 0.304 bits per heavy atom. The van der Waals surface area contributed by atoms with E-state index < -0.39 is 0 Å². The van der Waals surface area contributed by atoms with Crippen LogP contribution in [-0.4, -0.2) is 14.0 Å². The molecule has 11 aromatic carbocycles. The molecule has 1 nitrogen and oxygen atoms in total. The Kier molecular flexibility index (Phi) is 9.72. The molecule has 0 aliphatic rings. The summed E-state index contributed by atoms with van der Waals surface area (Å²) in [7, 11) is 1.74. The van der Waals surface area contributed by atoms with E-state index in [0.29, 0.717) is 0 Å². The number of benzene rings is 11. The van der Waals surface area contributed by atoms with Gasteiger partial charge in [0.05, 0.1) is 0 Å². The van der Waals surface area contributed by atoms with Gasteiger partial charge >= 0.3 is 6.92 Å². The summed E-state index contributed by atoms with van der Waals surface area (Å²) in [5.74, 6) is 0. The molecule has 0 spiro atoms. The van der Waals surface area contributed by atoms with E-state index in [-0.39, 0.29) is 6.92 Å². The fourth-order valence-electron chi connectivity index (χ4n) is 8.39. The zero-order valence-electron chi connectivity index (χ0n) is 31.7. The first kappa shape index (κ1) is 35.0. The van der Waals surface area contributed by atoms with Crippen LogP contribution < -0.4 is 5.46 Å². The van der Waals surface area contributed by atoms with Gasteiger partial charge in [0.15, 0.2) is 0 Å². The normalized spacial score (nSPS) is 11.1. The summed E-state index contributed by atoms with van der Waals surface area (Å²) in [4.78, 5) is 0. The fourth-order valence-corrected chi connectivity index (χ4v) is 8.39. The van der Waals surface area contributed by atoms with Crippen LogP contribution in [0.4, 0.5) is 0 Å². The Morgan fingerprint density at radius 3 is 1.04 bits per heavy atom. The summed E-state index contributed by atoms with van der Waals surface area (Å²) < 4.78 is 5.40. The van der Waals surface area contributed by atoms with Crippen molar-refractivity contribution in [2.75, 3.05) is 7.11 Å². The third-order valence-electron chi connectivity index (χ3n) is 11.1. The molecule has 11 rings (SSSR count). The van der Waals surface area contributed by atoms with E-state index in [1.165, 1.54) is 92.0 Å². The van der Waals surface area contributed by atoms with Gasteiger partial charge in [-0.3, -0.25) is 0 Å². The van der Waals surface area contributed by atoms with Gasteiger partial charge in [-0.2, -0.15) is 0 Å². The Balaban J connectivity index is 0.000000118. The highest BCUT2D eigenvalue weighted by atomic mass is 16.4. The van der Waals surface area contributed by atoms with Crippen molar-refractivity contribution in [2.24, 2.45) is 0 Å². The van der Waals surface area contributed by atoms with Crippen molar-refractivity contribution in [3.05, 3.63) is 212 Å². The molecule has 0 atom stereocenters. The van der Waals surface area contributed by atoms with Gasteiger partial charge in [-0.1, -0.05) is 219 Å². The van der Waals surface area contributed by atoms with Crippen LogP contribution in [0.2, 0.25) is 6.82 Å². The molecule has 0 heterocycles. The van der Waals surface area contributed by atoms with E-state index in [0.717, 1.165) is 0 Å². The van der Waals surface area contributed by atoms with E-state index in [1.54, 1.807) is 7.11 Å². The monoisotopic (exact) mass is 716 g/mol. The topological polar surface area (TPSA) is 9.23 Å². The van der Waals surface area contributed by atoms with Crippen molar-refractivity contribution in [3.63, 3.8) is 0 Å². The molecule has 11 aromatic rings. The van der Waals surface area contributed by atoms with Crippen LogP contribution >= 0.6 is 0 Å². The molecule has 0 fully saturated rings. The van der Waals surface area contributed by atoms with Crippen molar-refractivity contribution in [2.45, 2.75) is 6.82 Å². The molecular formula is C54H41BO. The van der Waals surface area contributed by atoms with Gasteiger partial charge in [0.2, 0.25) is 0 Å². The maximum absolute atomic E-state index is 5.40. The van der Waals surface area contributed by atoms with Gasteiger partial charge in [-0.05, 0) is 92.0 Å². The van der Waals surface area contributed by atoms with Crippen LogP contribution in [0.25, 0.3) is 86.5 Å². The molecule has 0 unspecified atom stereocenters. The lowest BCUT2D eigenvalue weighted by atomic mass is 9.61. The largest absolute Gasteiger partial charge is 0.434 e. The van der Waals surface area contributed by atoms with Gasteiger partial charge in [-0.15, -0.1) is 0 Å². The van der Waals surface area contributed by atoms with E-state index >= 15 is 0 Å². The molecule has 2 heteroatoms. The van der Waals surface area contributed by atoms with E-state index in [1.807, 2.05) is 6.07 Å². The first-order valence-electron chi connectivity index (χ1n) is 19.4. The Morgan fingerprint density at radius 2 is 0.625 bits per heavy atom. The van der Waals surface area contributed by atoms with Gasteiger partial charge in [0.1, 0.15) is 0 Å². The summed E-state index contributed by atoms with van der Waals surface area (Å²) in [6.07, 6.45) is 0. The third-order valence-corrected chi connectivity index (χ3v) is 11.1. The smallest absolute Gasteiger partial charge is 0.323 e. The zero-order valence-corrected chi connectivity index (χ0v) is 31.7. The maximum atomic E-state index is 5.40. The van der Waals surface area contributed by atoms with E-state index in [9.17, 15) is 0 Å². The summed E-state index contributed by atoms with van der Waals surface area (Å²) in [6, 6.07) is 75.4. The van der Waals surface area contributed by atoms with Gasteiger partial charge in [0, 0.05) is 7.11 Å². The van der Waals surface area contributed by atoms with Crippen molar-refractivity contribution >= 4 is 87.8 Å². The lowest BCUT2D eigenvalue weighted by molar-refractivity contribution is 0.435. The van der Waals surface area contributed by atoms with Crippen LogP contribution in [-0.2, 0) is 4.65 Å². The Bertz CT molecular complexity index is 2870. The molecule has 0 saturated heterocycles. The van der Waals surface area contributed by atoms with Gasteiger partial charge < -0.3 is 4.65 Å². The average Bonchev–Trinajstić information content (AvgIpc) is 3.29. The minimum Gasteiger partial charge on any atom is -0.434 e. The van der Waals surface area contributed by atoms with Crippen LogP contribution in [0, 0.1) is 0 Å². The van der Waals surface area contributed by atoms with Crippen LogP contribution in [0.1, 0.15) is 0 Å². The minimum atomic E-state index is 0.122. The predicted molar refractivity (Wildman–Crippen MR) is 246 cm³/mol.